The summed E-state index contributed by atoms with van der Waals surface area (Å²) >= 11 is 0. The number of rotatable bonds is 2. The first kappa shape index (κ1) is 20.1. The number of hydrogen-bond donors (Lipinski definition) is 0. The highest BCUT2D eigenvalue weighted by molar-refractivity contribution is 6.13. The molecule has 35 heavy (non-hydrogen) atoms. The fraction of sp³-hybridized carbons (Fsp3) is 0.0909. The zero-order valence-corrected chi connectivity index (χ0v) is 19.8. The van der Waals surface area contributed by atoms with E-state index in [1.807, 2.05) is 12.3 Å². The third-order valence-corrected chi connectivity index (χ3v) is 7.45. The van der Waals surface area contributed by atoms with Crippen LogP contribution in [0.2, 0.25) is 0 Å². The molecule has 0 saturated carbocycles. The fourth-order valence-electron chi connectivity index (χ4n) is 5.87. The first-order valence-corrected chi connectivity index (χ1v) is 12.1. The summed E-state index contributed by atoms with van der Waals surface area (Å²) in [6, 6.07) is 36.7. The predicted molar refractivity (Wildman–Crippen MR) is 145 cm³/mol. The predicted octanol–water partition coefficient (Wildman–Crippen LogP) is 8.42. The Kier molecular flexibility index (Phi) is 4.22. The van der Waals surface area contributed by atoms with Gasteiger partial charge in [0.25, 0.3) is 0 Å². The van der Waals surface area contributed by atoms with Gasteiger partial charge in [0.05, 0.1) is 17.1 Å². The lowest BCUT2D eigenvalue weighted by atomic mass is 9.81. The molecule has 0 bridgehead atoms. The topological polar surface area (TPSA) is 25.8 Å². The molecule has 2 nitrogen and oxygen atoms in total. The minimum Gasteiger partial charge on any atom is -0.256 e. The Bertz CT molecular complexity index is 1760. The summed E-state index contributed by atoms with van der Waals surface area (Å²) in [5.41, 5.74) is 9.07. The van der Waals surface area contributed by atoms with Gasteiger partial charge in [0.1, 0.15) is 0 Å². The number of nitrogens with zero attached hydrogens (tertiary/aromatic N) is 2. The van der Waals surface area contributed by atoms with Crippen molar-refractivity contribution >= 4 is 21.5 Å². The summed E-state index contributed by atoms with van der Waals surface area (Å²) in [5, 5.41) is 5.02. The van der Waals surface area contributed by atoms with E-state index in [0.29, 0.717) is 0 Å². The molecule has 0 saturated heterocycles. The van der Waals surface area contributed by atoms with E-state index in [1.54, 1.807) is 0 Å². The van der Waals surface area contributed by atoms with Crippen LogP contribution in [0.25, 0.3) is 55.2 Å². The highest BCUT2D eigenvalue weighted by Crippen LogP contribution is 2.51. The quantitative estimate of drug-likeness (QED) is 0.248. The molecule has 4 aromatic carbocycles. The van der Waals surface area contributed by atoms with Gasteiger partial charge in [-0.1, -0.05) is 92.7 Å². The number of benzene rings is 4. The van der Waals surface area contributed by atoms with E-state index in [0.717, 1.165) is 17.1 Å². The van der Waals surface area contributed by atoms with Crippen molar-refractivity contribution in [2.75, 3.05) is 0 Å². The number of aromatic nitrogens is 2. The van der Waals surface area contributed by atoms with Crippen LogP contribution in [0, 0.1) is 0 Å². The Morgan fingerprint density at radius 3 is 2.11 bits per heavy atom. The lowest BCUT2D eigenvalue weighted by Crippen LogP contribution is -2.18. The molecule has 1 aliphatic rings. The Labute approximate surface area is 204 Å². The van der Waals surface area contributed by atoms with Crippen LogP contribution in [-0.2, 0) is 5.41 Å². The van der Waals surface area contributed by atoms with Crippen molar-refractivity contribution in [3.05, 3.63) is 121 Å². The SMILES string of the molecule is CC1(C)c2nc(-c3cc4ccccc4c4ccccc34)ccc2-c2cccc(-c3ccccn3)c21. The molecule has 7 rings (SSSR count). The zero-order chi connectivity index (χ0) is 23.6. The van der Waals surface area contributed by atoms with E-state index >= 15 is 0 Å². The van der Waals surface area contributed by atoms with Crippen molar-refractivity contribution in [1.29, 1.82) is 0 Å². The second-order valence-corrected chi connectivity index (χ2v) is 9.85. The van der Waals surface area contributed by atoms with Crippen LogP contribution in [0.1, 0.15) is 25.1 Å². The van der Waals surface area contributed by atoms with Crippen LogP contribution >= 0.6 is 0 Å². The van der Waals surface area contributed by atoms with Crippen LogP contribution < -0.4 is 0 Å². The summed E-state index contributed by atoms with van der Waals surface area (Å²) in [6.07, 6.45) is 1.87. The number of pyridine rings is 2. The van der Waals surface area contributed by atoms with E-state index < -0.39 is 0 Å². The molecule has 2 heteroatoms. The summed E-state index contributed by atoms with van der Waals surface area (Å²) in [4.78, 5) is 10.0. The lowest BCUT2D eigenvalue weighted by Gasteiger charge is -2.23. The molecule has 1 aliphatic carbocycles. The van der Waals surface area contributed by atoms with Gasteiger partial charge in [-0.3, -0.25) is 9.97 Å². The third kappa shape index (κ3) is 2.90. The van der Waals surface area contributed by atoms with E-state index in [2.05, 4.69) is 116 Å². The van der Waals surface area contributed by atoms with Gasteiger partial charge < -0.3 is 0 Å². The monoisotopic (exact) mass is 448 g/mol. The smallest absolute Gasteiger partial charge is 0.0712 e. The molecule has 2 aromatic heterocycles. The van der Waals surface area contributed by atoms with E-state index in [4.69, 9.17) is 4.98 Å². The highest BCUT2D eigenvalue weighted by atomic mass is 14.8. The van der Waals surface area contributed by atoms with Crippen molar-refractivity contribution in [3.63, 3.8) is 0 Å². The molecule has 0 fully saturated rings. The summed E-state index contributed by atoms with van der Waals surface area (Å²) in [6.45, 7) is 4.58. The van der Waals surface area contributed by atoms with Gasteiger partial charge in [0.15, 0.2) is 0 Å². The zero-order valence-electron chi connectivity index (χ0n) is 19.8. The summed E-state index contributed by atoms with van der Waals surface area (Å²) in [7, 11) is 0. The van der Waals surface area contributed by atoms with Crippen molar-refractivity contribution in [1.82, 2.24) is 9.97 Å². The third-order valence-electron chi connectivity index (χ3n) is 7.45. The van der Waals surface area contributed by atoms with Crippen LogP contribution in [-0.4, -0.2) is 9.97 Å². The Balaban J connectivity index is 1.46. The van der Waals surface area contributed by atoms with E-state index in [9.17, 15) is 0 Å². The van der Waals surface area contributed by atoms with Crippen molar-refractivity contribution in [2.24, 2.45) is 0 Å². The molecular weight excluding hydrogens is 424 g/mol. The Morgan fingerprint density at radius 2 is 1.29 bits per heavy atom. The average molecular weight is 449 g/mol. The van der Waals surface area contributed by atoms with E-state index in [1.165, 1.54) is 49.4 Å². The van der Waals surface area contributed by atoms with Crippen LogP contribution in [0.15, 0.2) is 109 Å². The van der Waals surface area contributed by atoms with Gasteiger partial charge >= 0.3 is 0 Å². The van der Waals surface area contributed by atoms with Gasteiger partial charge in [-0.05, 0) is 56.9 Å². The second-order valence-electron chi connectivity index (χ2n) is 9.85. The molecular formula is C33H24N2. The molecule has 0 unspecified atom stereocenters. The standard InChI is InChI=1S/C33H24N2/c1-33(2)31-25(14-9-15-27(31)29-16-7-8-19-34-29)26-17-18-30(35-32(26)33)28-20-21-10-3-4-11-22(21)23-12-5-6-13-24(23)28/h3-20H,1-2H3. The largest absolute Gasteiger partial charge is 0.256 e. The Hall–Kier alpha value is -4.30. The van der Waals surface area contributed by atoms with Gasteiger partial charge in [-0.2, -0.15) is 0 Å². The van der Waals surface area contributed by atoms with Crippen molar-refractivity contribution in [3.8, 4) is 33.6 Å². The number of fused-ring (bicyclic) bond motifs is 6. The maximum Gasteiger partial charge on any atom is 0.0712 e. The maximum atomic E-state index is 5.36. The van der Waals surface area contributed by atoms with Crippen LogP contribution in [0.4, 0.5) is 0 Å². The molecule has 2 heterocycles. The molecule has 0 spiro atoms. The summed E-state index contributed by atoms with van der Waals surface area (Å²) in [5.74, 6) is 0. The number of hydrogen-bond acceptors (Lipinski definition) is 2. The van der Waals surface area contributed by atoms with Crippen molar-refractivity contribution in [2.45, 2.75) is 19.3 Å². The van der Waals surface area contributed by atoms with Gasteiger partial charge in [0, 0.05) is 28.3 Å². The molecule has 0 N–H and O–H groups in total. The molecule has 6 aromatic rings. The van der Waals surface area contributed by atoms with Gasteiger partial charge in [-0.25, -0.2) is 0 Å². The average Bonchev–Trinajstić information content (AvgIpc) is 3.15. The van der Waals surface area contributed by atoms with Crippen LogP contribution in [0.5, 0.6) is 0 Å². The van der Waals surface area contributed by atoms with Crippen LogP contribution in [0.3, 0.4) is 0 Å². The van der Waals surface area contributed by atoms with Gasteiger partial charge in [-0.15, -0.1) is 0 Å². The molecule has 0 amide bonds. The normalized spacial score (nSPS) is 13.7. The van der Waals surface area contributed by atoms with E-state index in [-0.39, 0.29) is 5.41 Å². The van der Waals surface area contributed by atoms with Gasteiger partial charge in [0.2, 0.25) is 0 Å². The lowest BCUT2D eigenvalue weighted by molar-refractivity contribution is 0.639. The highest BCUT2D eigenvalue weighted by Gasteiger charge is 2.39. The molecule has 0 atom stereocenters. The minimum atomic E-state index is -0.235. The molecule has 166 valence electrons. The first-order chi connectivity index (χ1) is 17.1. The summed E-state index contributed by atoms with van der Waals surface area (Å²) < 4.78 is 0. The second kappa shape index (κ2) is 7.35. The fourth-order valence-corrected chi connectivity index (χ4v) is 5.87. The first-order valence-electron chi connectivity index (χ1n) is 12.1. The minimum absolute atomic E-state index is 0.235. The Morgan fingerprint density at radius 1 is 0.543 bits per heavy atom. The molecule has 0 radical (unpaired) electrons. The van der Waals surface area contributed by atoms with Crippen molar-refractivity contribution < 1.29 is 0 Å². The maximum absolute atomic E-state index is 5.36. The molecule has 0 aliphatic heterocycles.